The average molecular weight is 401 g/mol. The number of carbonyl (C=O) groups excluding carboxylic acids is 3. The fourth-order valence-electron chi connectivity index (χ4n) is 1.91. The summed E-state index contributed by atoms with van der Waals surface area (Å²) in [6.07, 6.45) is 1.54. The molecule has 7 nitrogen and oxygen atoms in total. The zero-order valence-electron chi connectivity index (χ0n) is 12.3. The number of benzene rings is 1. The standard InChI is InChI=1S/C14H13BrN2O5S/c1-21-9-3-7(8(15)5-10(9)22-2)4-11-13(19)17(6-12(16)18)14(20)23-11/h3-5H,6H2,1-2H3,(H2,16,18)/b11-4-. The second-order valence-electron chi connectivity index (χ2n) is 4.46. The number of nitrogens with two attached hydrogens (primary N) is 1. The Morgan fingerprint density at radius 3 is 2.48 bits per heavy atom. The monoisotopic (exact) mass is 400 g/mol. The third-order valence-corrected chi connectivity index (χ3v) is 4.57. The van der Waals surface area contributed by atoms with E-state index in [0.717, 1.165) is 16.7 Å². The van der Waals surface area contributed by atoms with Gasteiger partial charge in [0.1, 0.15) is 6.54 Å². The van der Waals surface area contributed by atoms with E-state index in [-0.39, 0.29) is 4.91 Å². The number of ether oxygens (including phenoxy) is 2. The molecule has 1 aliphatic rings. The van der Waals surface area contributed by atoms with Gasteiger partial charge in [0.2, 0.25) is 5.91 Å². The molecule has 1 fully saturated rings. The quantitative estimate of drug-likeness (QED) is 0.758. The molecular formula is C14H13BrN2O5S. The summed E-state index contributed by atoms with van der Waals surface area (Å²) in [4.78, 5) is 35.9. The van der Waals surface area contributed by atoms with Gasteiger partial charge in [-0.15, -0.1) is 0 Å². The van der Waals surface area contributed by atoms with Crippen LogP contribution in [0.15, 0.2) is 21.5 Å². The summed E-state index contributed by atoms with van der Waals surface area (Å²) in [6.45, 7) is -0.435. The number of halogens is 1. The summed E-state index contributed by atoms with van der Waals surface area (Å²) in [5.41, 5.74) is 5.67. The van der Waals surface area contributed by atoms with Gasteiger partial charge in [0.25, 0.3) is 11.1 Å². The SMILES string of the molecule is COc1cc(Br)c(/C=C2\SC(=O)N(CC(N)=O)C2=O)cc1OC. The number of thioether (sulfide) groups is 1. The largest absolute Gasteiger partial charge is 0.493 e. The number of carbonyl (C=O) groups is 3. The first-order chi connectivity index (χ1) is 10.9. The number of nitrogens with zero attached hydrogens (tertiary/aromatic N) is 1. The van der Waals surface area contributed by atoms with Crippen molar-refractivity contribution in [3.8, 4) is 11.5 Å². The summed E-state index contributed by atoms with van der Waals surface area (Å²) in [5, 5.41) is -0.531. The molecule has 0 spiro atoms. The molecule has 0 saturated carbocycles. The van der Waals surface area contributed by atoms with Gasteiger partial charge in [0.15, 0.2) is 11.5 Å². The van der Waals surface area contributed by atoms with Gasteiger partial charge >= 0.3 is 0 Å². The van der Waals surface area contributed by atoms with E-state index in [0.29, 0.717) is 21.5 Å². The number of methoxy groups -OCH3 is 2. The van der Waals surface area contributed by atoms with E-state index in [1.165, 1.54) is 20.3 Å². The Morgan fingerprint density at radius 1 is 1.30 bits per heavy atom. The van der Waals surface area contributed by atoms with Gasteiger partial charge in [0, 0.05) is 4.47 Å². The predicted molar refractivity (Wildman–Crippen MR) is 89.1 cm³/mol. The van der Waals surface area contributed by atoms with E-state index in [9.17, 15) is 14.4 Å². The molecular weight excluding hydrogens is 388 g/mol. The van der Waals surface area contributed by atoms with Crippen molar-refractivity contribution in [1.29, 1.82) is 0 Å². The van der Waals surface area contributed by atoms with Crippen LogP contribution in [0.4, 0.5) is 4.79 Å². The van der Waals surface area contributed by atoms with E-state index in [1.807, 2.05) is 0 Å². The van der Waals surface area contributed by atoms with Crippen molar-refractivity contribution in [2.75, 3.05) is 20.8 Å². The molecule has 1 aliphatic heterocycles. The van der Waals surface area contributed by atoms with Crippen molar-refractivity contribution in [1.82, 2.24) is 4.90 Å². The lowest BCUT2D eigenvalue weighted by atomic mass is 10.2. The van der Waals surface area contributed by atoms with Gasteiger partial charge < -0.3 is 15.2 Å². The Kier molecular flexibility index (Phi) is 5.32. The molecule has 1 aromatic rings. The highest BCUT2D eigenvalue weighted by molar-refractivity contribution is 9.10. The first kappa shape index (κ1) is 17.4. The van der Waals surface area contributed by atoms with Crippen LogP contribution in [0.25, 0.3) is 6.08 Å². The van der Waals surface area contributed by atoms with E-state index < -0.39 is 23.6 Å². The van der Waals surface area contributed by atoms with E-state index in [2.05, 4.69) is 15.9 Å². The van der Waals surface area contributed by atoms with Gasteiger partial charge in [-0.25, -0.2) is 0 Å². The smallest absolute Gasteiger partial charge is 0.294 e. The second kappa shape index (κ2) is 7.05. The van der Waals surface area contributed by atoms with Crippen molar-refractivity contribution >= 4 is 50.8 Å². The van der Waals surface area contributed by atoms with Crippen LogP contribution in [0.1, 0.15) is 5.56 Å². The number of hydrogen-bond acceptors (Lipinski definition) is 6. The zero-order valence-corrected chi connectivity index (χ0v) is 14.7. The normalized spacial score (nSPS) is 16.1. The van der Waals surface area contributed by atoms with Crippen LogP contribution in [0.5, 0.6) is 11.5 Å². The van der Waals surface area contributed by atoms with Crippen LogP contribution in [-0.4, -0.2) is 42.7 Å². The topological polar surface area (TPSA) is 98.9 Å². The molecule has 0 aromatic heterocycles. The highest BCUT2D eigenvalue weighted by atomic mass is 79.9. The lowest BCUT2D eigenvalue weighted by molar-refractivity contribution is -0.127. The summed E-state index contributed by atoms with van der Waals surface area (Å²) >= 11 is 4.12. The summed E-state index contributed by atoms with van der Waals surface area (Å²) < 4.78 is 11.1. The maximum absolute atomic E-state index is 12.2. The van der Waals surface area contributed by atoms with Crippen molar-refractivity contribution in [2.24, 2.45) is 5.73 Å². The van der Waals surface area contributed by atoms with Crippen LogP contribution in [0.2, 0.25) is 0 Å². The van der Waals surface area contributed by atoms with Gasteiger partial charge in [-0.3, -0.25) is 19.3 Å². The predicted octanol–water partition coefficient (Wildman–Crippen LogP) is 1.99. The zero-order chi connectivity index (χ0) is 17.1. The van der Waals surface area contributed by atoms with Crippen molar-refractivity contribution in [3.63, 3.8) is 0 Å². The van der Waals surface area contributed by atoms with Crippen molar-refractivity contribution < 1.29 is 23.9 Å². The van der Waals surface area contributed by atoms with Crippen LogP contribution >= 0.6 is 27.7 Å². The molecule has 1 saturated heterocycles. The van der Waals surface area contributed by atoms with Crippen molar-refractivity contribution in [2.45, 2.75) is 0 Å². The summed E-state index contributed by atoms with van der Waals surface area (Å²) in [7, 11) is 3.01. The maximum Gasteiger partial charge on any atom is 0.294 e. The highest BCUT2D eigenvalue weighted by Crippen LogP contribution is 2.37. The van der Waals surface area contributed by atoms with E-state index in [1.54, 1.807) is 12.1 Å². The lowest BCUT2D eigenvalue weighted by Crippen LogP contribution is -2.36. The molecule has 0 bridgehead atoms. The molecule has 0 unspecified atom stereocenters. The molecule has 0 atom stereocenters. The molecule has 9 heteroatoms. The van der Waals surface area contributed by atoms with Gasteiger partial charge in [-0.1, -0.05) is 15.9 Å². The van der Waals surface area contributed by atoms with Gasteiger partial charge in [-0.2, -0.15) is 0 Å². The molecule has 2 rings (SSSR count). The first-order valence-corrected chi connectivity index (χ1v) is 7.93. The second-order valence-corrected chi connectivity index (χ2v) is 6.31. The summed E-state index contributed by atoms with van der Waals surface area (Å²) in [6, 6.07) is 3.36. The Balaban J connectivity index is 2.37. The third-order valence-electron chi connectivity index (χ3n) is 2.98. The van der Waals surface area contributed by atoms with Crippen LogP contribution in [0.3, 0.4) is 0 Å². The Hall–Kier alpha value is -2.00. The molecule has 0 aliphatic carbocycles. The lowest BCUT2D eigenvalue weighted by Gasteiger charge is -2.10. The molecule has 1 aromatic carbocycles. The molecule has 2 N–H and O–H groups in total. The third kappa shape index (κ3) is 3.67. The highest BCUT2D eigenvalue weighted by Gasteiger charge is 2.36. The van der Waals surface area contributed by atoms with Crippen molar-refractivity contribution in [3.05, 3.63) is 27.1 Å². The number of rotatable bonds is 5. The Morgan fingerprint density at radius 2 is 1.91 bits per heavy atom. The van der Waals surface area contributed by atoms with Gasteiger partial charge in [-0.05, 0) is 35.5 Å². The Bertz CT molecular complexity index is 719. The van der Waals surface area contributed by atoms with Crippen LogP contribution in [0, 0.1) is 0 Å². The van der Waals surface area contributed by atoms with E-state index >= 15 is 0 Å². The van der Waals surface area contributed by atoms with Gasteiger partial charge in [0.05, 0.1) is 19.1 Å². The van der Waals surface area contributed by atoms with E-state index in [4.69, 9.17) is 15.2 Å². The molecule has 122 valence electrons. The first-order valence-electron chi connectivity index (χ1n) is 6.32. The molecule has 23 heavy (non-hydrogen) atoms. The molecule has 1 heterocycles. The minimum atomic E-state index is -0.749. The minimum absolute atomic E-state index is 0.198. The number of primary amides is 1. The number of hydrogen-bond donors (Lipinski definition) is 1. The van der Waals surface area contributed by atoms with Crippen LogP contribution in [-0.2, 0) is 9.59 Å². The fraction of sp³-hybridized carbons (Fsp3) is 0.214. The summed E-state index contributed by atoms with van der Waals surface area (Å²) in [5.74, 6) is -0.294. The number of imide groups is 1. The molecule has 0 radical (unpaired) electrons. The minimum Gasteiger partial charge on any atom is -0.493 e. The molecule has 3 amide bonds. The average Bonchev–Trinajstić information content (AvgIpc) is 2.76. The maximum atomic E-state index is 12.2. The fourth-order valence-corrected chi connectivity index (χ4v) is 3.18. The Labute approximate surface area is 144 Å². The number of amides is 3. The van der Waals surface area contributed by atoms with Crippen LogP contribution < -0.4 is 15.2 Å².